The standard InChI is InChI=1S/C11H14BrClN2O3/c1-2-11(5-16,6-17)15-10(18)8-3-7(12)4-14-9(8)13/h3-4,16-17H,2,5-6H2,1H3,(H,15,18). The highest BCUT2D eigenvalue weighted by atomic mass is 79.9. The zero-order valence-electron chi connectivity index (χ0n) is 9.78. The summed E-state index contributed by atoms with van der Waals surface area (Å²) in [6.07, 6.45) is 1.87. The lowest BCUT2D eigenvalue weighted by Crippen LogP contribution is -2.53. The average Bonchev–Trinajstić information content (AvgIpc) is 2.38. The summed E-state index contributed by atoms with van der Waals surface area (Å²) in [6, 6.07) is 1.53. The first kappa shape index (κ1) is 15.4. The number of hydrogen-bond acceptors (Lipinski definition) is 4. The van der Waals surface area contributed by atoms with Crippen LogP contribution in [-0.2, 0) is 0 Å². The normalized spacial score (nSPS) is 11.4. The molecule has 0 aliphatic heterocycles. The summed E-state index contributed by atoms with van der Waals surface area (Å²) in [4.78, 5) is 15.9. The van der Waals surface area contributed by atoms with Crippen LogP contribution in [0.15, 0.2) is 16.7 Å². The van der Waals surface area contributed by atoms with Crippen LogP contribution in [0.5, 0.6) is 0 Å². The van der Waals surface area contributed by atoms with Gasteiger partial charge in [-0.3, -0.25) is 4.79 Å². The summed E-state index contributed by atoms with van der Waals surface area (Å²) in [5, 5.41) is 21.2. The molecule has 0 unspecified atom stereocenters. The molecule has 0 radical (unpaired) electrons. The number of pyridine rings is 1. The first-order chi connectivity index (χ1) is 8.48. The van der Waals surface area contributed by atoms with Crippen LogP contribution in [0.2, 0.25) is 5.15 Å². The third-order valence-corrected chi connectivity index (χ3v) is 3.45. The van der Waals surface area contributed by atoms with Gasteiger partial charge >= 0.3 is 0 Å². The monoisotopic (exact) mass is 336 g/mol. The van der Waals surface area contributed by atoms with Crippen molar-refractivity contribution in [2.75, 3.05) is 13.2 Å². The van der Waals surface area contributed by atoms with E-state index in [4.69, 9.17) is 11.6 Å². The third kappa shape index (κ3) is 3.41. The molecule has 7 heteroatoms. The Balaban J connectivity index is 2.97. The minimum atomic E-state index is -1.05. The molecule has 18 heavy (non-hydrogen) atoms. The average molecular weight is 338 g/mol. The highest BCUT2D eigenvalue weighted by molar-refractivity contribution is 9.10. The van der Waals surface area contributed by atoms with Crippen molar-refractivity contribution in [2.24, 2.45) is 0 Å². The van der Waals surface area contributed by atoms with Gasteiger partial charge in [0.15, 0.2) is 0 Å². The number of nitrogens with zero attached hydrogens (tertiary/aromatic N) is 1. The lowest BCUT2D eigenvalue weighted by atomic mass is 9.98. The van der Waals surface area contributed by atoms with E-state index < -0.39 is 11.4 Å². The van der Waals surface area contributed by atoms with Gasteiger partial charge in [0.25, 0.3) is 5.91 Å². The molecule has 0 spiro atoms. The van der Waals surface area contributed by atoms with Crippen molar-refractivity contribution < 1.29 is 15.0 Å². The summed E-state index contributed by atoms with van der Waals surface area (Å²) >= 11 is 9.03. The lowest BCUT2D eigenvalue weighted by Gasteiger charge is -2.29. The molecule has 0 bridgehead atoms. The Bertz CT molecular complexity index is 430. The van der Waals surface area contributed by atoms with Gasteiger partial charge in [-0.15, -0.1) is 0 Å². The fourth-order valence-corrected chi connectivity index (χ4v) is 1.85. The highest BCUT2D eigenvalue weighted by Gasteiger charge is 2.29. The molecule has 1 rings (SSSR count). The van der Waals surface area contributed by atoms with Gasteiger partial charge in [-0.2, -0.15) is 0 Å². The SMILES string of the molecule is CCC(CO)(CO)NC(=O)c1cc(Br)cnc1Cl. The number of nitrogens with one attached hydrogen (secondary N) is 1. The Morgan fingerprint density at radius 2 is 2.17 bits per heavy atom. The van der Waals surface area contributed by atoms with E-state index in [-0.39, 0.29) is 23.9 Å². The largest absolute Gasteiger partial charge is 0.394 e. The van der Waals surface area contributed by atoms with E-state index in [1.165, 1.54) is 12.3 Å². The van der Waals surface area contributed by atoms with Crippen molar-refractivity contribution in [1.82, 2.24) is 10.3 Å². The molecule has 0 fully saturated rings. The van der Waals surface area contributed by atoms with E-state index in [2.05, 4.69) is 26.2 Å². The molecule has 100 valence electrons. The summed E-state index contributed by atoms with van der Waals surface area (Å²) in [5.74, 6) is -0.487. The van der Waals surface area contributed by atoms with Crippen LogP contribution >= 0.6 is 27.5 Å². The third-order valence-electron chi connectivity index (χ3n) is 2.71. The Morgan fingerprint density at radius 3 is 2.67 bits per heavy atom. The first-order valence-corrected chi connectivity index (χ1v) is 6.50. The van der Waals surface area contributed by atoms with E-state index >= 15 is 0 Å². The molecule has 0 atom stereocenters. The van der Waals surface area contributed by atoms with Gasteiger partial charge in [-0.1, -0.05) is 18.5 Å². The van der Waals surface area contributed by atoms with Gasteiger partial charge < -0.3 is 15.5 Å². The van der Waals surface area contributed by atoms with Crippen molar-refractivity contribution in [2.45, 2.75) is 18.9 Å². The number of hydrogen-bond donors (Lipinski definition) is 3. The number of carbonyl (C=O) groups excluding carboxylic acids is 1. The van der Waals surface area contributed by atoms with Crippen LogP contribution in [0.3, 0.4) is 0 Å². The van der Waals surface area contributed by atoms with Crippen LogP contribution < -0.4 is 5.32 Å². The molecule has 5 nitrogen and oxygen atoms in total. The molecule has 1 amide bonds. The molecule has 0 saturated heterocycles. The van der Waals surface area contributed by atoms with Gasteiger partial charge in [0.2, 0.25) is 0 Å². The number of carbonyl (C=O) groups is 1. The van der Waals surface area contributed by atoms with Crippen LogP contribution in [0.4, 0.5) is 0 Å². The van der Waals surface area contributed by atoms with E-state index in [1.807, 2.05) is 0 Å². The minimum absolute atomic E-state index is 0.0663. The summed E-state index contributed by atoms with van der Waals surface area (Å²) in [7, 11) is 0. The lowest BCUT2D eigenvalue weighted by molar-refractivity contribution is 0.0652. The van der Waals surface area contributed by atoms with Crippen molar-refractivity contribution >= 4 is 33.4 Å². The van der Waals surface area contributed by atoms with E-state index in [0.717, 1.165) is 0 Å². The number of halogens is 2. The zero-order chi connectivity index (χ0) is 13.8. The fraction of sp³-hybridized carbons (Fsp3) is 0.455. The number of aliphatic hydroxyl groups is 2. The van der Waals surface area contributed by atoms with Crippen molar-refractivity contribution in [3.8, 4) is 0 Å². The van der Waals surface area contributed by atoms with E-state index in [0.29, 0.717) is 10.9 Å². The smallest absolute Gasteiger partial charge is 0.255 e. The molecular formula is C11H14BrClN2O3. The molecular weight excluding hydrogens is 323 g/mol. The summed E-state index contributed by atoms with van der Waals surface area (Å²) in [6.45, 7) is 1.04. The summed E-state index contributed by atoms with van der Waals surface area (Å²) < 4.78 is 0.618. The van der Waals surface area contributed by atoms with Gasteiger partial charge in [0.1, 0.15) is 5.15 Å². The second-order valence-corrected chi connectivity index (χ2v) is 5.17. The maximum absolute atomic E-state index is 12.0. The number of amides is 1. The topological polar surface area (TPSA) is 82.5 Å². The predicted octanol–water partition coefficient (Wildman–Crippen LogP) is 1.36. The Labute approximate surface area is 118 Å². The van der Waals surface area contributed by atoms with Crippen LogP contribution in [0, 0.1) is 0 Å². The fourth-order valence-electron chi connectivity index (χ4n) is 1.33. The molecule has 3 N–H and O–H groups in total. The quantitative estimate of drug-likeness (QED) is 0.709. The Morgan fingerprint density at radius 1 is 1.56 bits per heavy atom. The molecule has 0 saturated carbocycles. The van der Waals surface area contributed by atoms with Gasteiger partial charge in [-0.25, -0.2) is 4.98 Å². The molecule has 0 aromatic carbocycles. The predicted molar refractivity (Wildman–Crippen MR) is 71.6 cm³/mol. The van der Waals surface area contributed by atoms with E-state index in [1.54, 1.807) is 6.92 Å². The van der Waals surface area contributed by atoms with Gasteiger partial charge in [0, 0.05) is 10.7 Å². The summed E-state index contributed by atoms with van der Waals surface area (Å²) in [5.41, 5.74) is -0.867. The van der Waals surface area contributed by atoms with E-state index in [9.17, 15) is 15.0 Å². The van der Waals surface area contributed by atoms with Crippen LogP contribution in [0.1, 0.15) is 23.7 Å². The molecule has 1 aromatic rings. The van der Waals surface area contributed by atoms with Crippen molar-refractivity contribution in [3.05, 3.63) is 27.5 Å². The maximum atomic E-state index is 12.0. The second-order valence-electron chi connectivity index (χ2n) is 3.90. The van der Waals surface area contributed by atoms with Crippen LogP contribution in [0.25, 0.3) is 0 Å². The molecule has 1 aromatic heterocycles. The maximum Gasteiger partial charge on any atom is 0.255 e. The molecule has 0 aliphatic rings. The van der Waals surface area contributed by atoms with Crippen molar-refractivity contribution in [1.29, 1.82) is 0 Å². The number of aromatic nitrogens is 1. The van der Waals surface area contributed by atoms with Gasteiger partial charge in [-0.05, 0) is 28.4 Å². The minimum Gasteiger partial charge on any atom is -0.394 e. The van der Waals surface area contributed by atoms with Crippen molar-refractivity contribution in [3.63, 3.8) is 0 Å². The second kappa shape index (κ2) is 6.47. The molecule has 1 heterocycles. The number of aliphatic hydroxyl groups excluding tert-OH is 2. The highest BCUT2D eigenvalue weighted by Crippen LogP contribution is 2.19. The van der Waals surface area contributed by atoms with Gasteiger partial charge in [0.05, 0.1) is 24.3 Å². The van der Waals surface area contributed by atoms with Crippen LogP contribution in [-0.4, -0.2) is 39.9 Å². The first-order valence-electron chi connectivity index (χ1n) is 5.33. The Hall–Kier alpha value is -0.690. The Kier molecular flexibility index (Phi) is 5.52. The molecule has 0 aliphatic carbocycles. The number of rotatable bonds is 5. The zero-order valence-corrected chi connectivity index (χ0v) is 12.1.